The van der Waals surface area contributed by atoms with Gasteiger partial charge in [0, 0.05) is 43.2 Å². The highest BCUT2D eigenvalue weighted by Crippen LogP contribution is 2.29. The molecule has 0 bridgehead atoms. The van der Waals surface area contributed by atoms with Crippen LogP contribution in [0.25, 0.3) is 0 Å². The molecule has 1 fully saturated rings. The van der Waals surface area contributed by atoms with Crippen molar-refractivity contribution in [3.05, 3.63) is 59.7 Å². The van der Waals surface area contributed by atoms with E-state index in [1.807, 2.05) is 49.4 Å². The first-order valence-electron chi connectivity index (χ1n) is 10.1. The molecule has 0 atom stereocenters. The number of amides is 2. The molecule has 4 rings (SSSR count). The molecule has 0 radical (unpaired) electrons. The lowest BCUT2D eigenvalue weighted by Gasteiger charge is -2.36. The van der Waals surface area contributed by atoms with Gasteiger partial charge in [0.25, 0.3) is 5.91 Å². The largest absolute Gasteiger partial charge is 0.497 e. The van der Waals surface area contributed by atoms with E-state index in [0.29, 0.717) is 49.6 Å². The number of methoxy groups -OCH3 is 1. The molecule has 7 heteroatoms. The Bertz CT molecular complexity index is 993. The van der Waals surface area contributed by atoms with Crippen LogP contribution < -0.4 is 15.4 Å². The zero-order valence-electron chi connectivity index (χ0n) is 17.3. The summed E-state index contributed by atoms with van der Waals surface area (Å²) in [5, 5.41) is 5.99. The molecular formula is C23H26N4O3. The van der Waals surface area contributed by atoms with Gasteiger partial charge in [0.15, 0.2) is 0 Å². The molecule has 0 unspecified atom stereocenters. The lowest BCUT2D eigenvalue weighted by molar-refractivity contribution is -0.119. The van der Waals surface area contributed by atoms with E-state index in [2.05, 4.69) is 15.5 Å². The van der Waals surface area contributed by atoms with Gasteiger partial charge in [-0.15, -0.1) is 0 Å². The Labute approximate surface area is 176 Å². The summed E-state index contributed by atoms with van der Waals surface area (Å²) in [4.78, 5) is 31.8. The number of ether oxygens (including phenoxy) is 1. The third kappa shape index (κ3) is 4.36. The molecular weight excluding hydrogens is 380 g/mol. The molecule has 2 aliphatic heterocycles. The lowest BCUT2D eigenvalue weighted by atomic mass is 9.98. The topological polar surface area (TPSA) is 83.0 Å². The summed E-state index contributed by atoms with van der Waals surface area (Å²) in [6.07, 6.45) is 1.36. The molecule has 156 valence electrons. The summed E-state index contributed by atoms with van der Waals surface area (Å²) in [6, 6.07) is 15.1. The maximum atomic E-state index is 12.5. The number of aryl methyl sites for hydroxylation is 1. The molecule has 1 saturated heterocycles. The molecule has 1 spiro atoms. The minimum Gasteiger partial charge on any atom is -0.497 e. The van der Waals surface area contributed by atoms with Crippen LogP contribution in [0.3, 0.4) is 0 Å². The van der Waals surface area contributed by atoms with Gasteiger partial charge in [-0.1, -0.05) is 29.8 Å². The van der Waals surface area contributed by atoms with Gasteiger partial charge in [0.05, 0.1) is 13.7 Å². The minimum atomic E-state index is -0.560. The number of nitrogens with zero attached hydrogens (tertiary/aromatic N) is 2. The Hall–Kier alpha value is -3.19. The minimum absolute atomic E-state index is 0.0707. The van der Waals surface area contributed by atoms with Gasteiger partial charge in [-0.2, -0.15) is 0 Å². The molecule has 2 heterocycles. The van der Waals surface area contributed by atoms with Crippen LogP contribution in [0.1, 0.15) is 24.0 Å². The molecule has 2 N–H and O–H groups in total. The Morgan fingerprint density at radius 3 is 2.70 bits per heavy atom. The van der Waals surface area contributed by atoms with Crippen molar-refractivity contribution in [2.75, 3.05) is 32.1 Å². The van der Waals surface area contributed by atoms with Gasteiger partial charge in [-0.05, 0) is 25.1 Å². The molecule has 2 aliphatic rings. The molecule has 0 aromatic heterocycles. The van der Waals surface area contributed by atoms with Crippen molar-refractivity contribution in [2.24, 2.45) is 4.99 Å². The van der Waals surface area contributed by atoms with Crippen molar-refractivity contribution >= 4 is 23.2 Å². The zero-order chi connectivity index (χ0) is 21.1. The van der Waals surface area contributed by atoms with Crippen molar-refractivity contribution in [1.29, 1.82) is 0 Å². The standard InChI is InChI=1S/C23H26N4O3/c1-16-5-3-6-17(13-16)21-22(29)26-23(25-21)9-11-27(12-10-23)15-20(28)24-18-7-4-8-19(14-18)30-2/h3-8,13-14H,9-12,15H2,1-2H3,(H,24,28)(H,26,29). The van der Waals surface area contributed by atoms with E-state index in [9.17, 15) is 9.59 Å². The summed E-state index contributed by atoms with van der Waals surface area (Å²) in [7, 11) is 1.60. The van der Waals surface area contributed by atoms with E-state index in [0.717, 1.165) is 11.1 Å². The average Bonchev–Trinajstić information content (AvgIpc) is 3.06. The summed E-state index contributed by atoms with van der Waals surface area (Å²) < 4.78 is 5.19. The molecule has 7 nitrogen and oxygen atoms in total. The van der Waals surface area contributed by atoms with Crippen LogP contribution in [0.2, 0.25) is 0 Å². The predicted molar refractivity (Wildman–Crippen MR) is 116 cm³/mol. The summed E-state index contributed by atoms with van der Waals surface area (Å²) in [6.45, 7) is 3.68. The molecule has 2 aromatic carbocycles. The Kier molecular flexibility index (Phi) is 5.55. The van der Waals surface area contributed by atoms with Gasteiger partial charge in [-0.3, -0.25) is 19.5 Å². The number of rotatable bonds is 5. The van der Waals surface area contributed by atoms with Crippen molar-refractivity contribution in [1.82, 2.24) is 10.2 Å². The maximum absolute atomic E-state index is 12.5. The van der Waals surface area contributed by atoms with Crippen molar-refractivity contribution in [3.8, 4) is 5.75 Å². The number of hydrogen-bond donors (Lipinski definition) is 2. The van der Waals surface area contributed by atoms with Gasteiger partial charge in [0.2, 0.25) is 5.91 Å². The molecule has 0 aliphatic carbocycles. The normalized spacial score (nSPS) is 18.1. The first-order valence-corrected chi connectivity index (χ1v) is 10.1. The van der Waals surface area contributed by atoms with Crippen LogP contribution in [0, 0.1) is 6.92 Å². The van der Waals surface area contributed by atoms with E-state index >= 15 is 0 Å². The molecule has 2 aromatic rings. The Morgan fingerprint density at radius 2 is 1.97 bits per heavy atom. The number of carbonyl (C=O) groups is 2. The second kappa shape index (κ2) is 8.28. The SMILES string of the molecule is COc1cccc(NC(=O)CN2CCC3(CC2)N=C(c2cccc(C)c2)C(=O)N3)c1. The summed E-state index contributed by atoms with van der Waals surface area (Å²) in [5.41, 5.74) is 2.60. The monoisotopic (exact) mass is 406 g/mol. The van der Waals surface area contributed by atoms with Gasteiger partial charge in [-0.25, -0.2) is 0 Å². The first kappa shape index (κ1) is 20.1. The summed E-state index contributed by atoms with van der Waals surface area (Å²) >= 11 is 0. The van der Waals surface area contributed by atoms with Crippen LogP contribution in [0.5, 0.6) is 5.75 Å². The van der Waals surface area contributed by atoms with Gasteiger partial charge >= 0.3 is 0 Å². The van der Waals surface area contributed by atoms with Crippen molar-refractivity contribution < 1.29 is 14.3 Å². The highest BCUT2D eigenvalue weighted by Gasteiger charge is 2.42. The quantitative estimate of drug-likeness (QED) is 0.799. The van der Waals surface area contributed by atoms with Crippen LogP contribution >= 0.6 is 0 Å². The molecule has 2 amide bonds. The Balaban J connectivity index is 1.35. The van der Waals surface area contributed by atoms with Crippen LogP contribution in [-0.2, 0) is 9.59 Å². The second-order valence-corrected chi connectivity index (χ2v) is 7.87. The van der Waals surface area contributed by atoms with E-state index in [1.54, 1.807) is 13.2 Å². The van der Waals surface area contributed by atoms with Gasteiger partial charge in [0.1, 0.15) is 17.1 Å². The van der Waals surface area contributed by atoms with E-state index < -0.39 is 5.66 Å². The van der Waals surface area contributed by atoms with Crippen LogP contribution in [0.4, 0.5) is 5.69 Å². The fraction of sp³-hybridized carbons (Fsp3) is 0.348. The third-order valence-corrected chi connectivity index (χ3v) is 5.58. The van der Waals surface area contributed by atoms with Crippen molar-refractivity contribution in [3.63, 3.8) is 0 Å². The average molecular weight is 406 g/mol. The van der Waals surface area contributed by atoms with Gasteiger partial charge < -0.3 is 15.4 Å². The molecule has 30 heavy (non-hydrogen) atoms. The number of piperidine rings is 1. The number of benzene rings is 2. The number of anilines is 1. The van der Waals surface area contributed by atoms with Crippen LogP contribution in [0.15, 0.2) is 53.5 Å². The highest BCUT2D eigenvalue weighted by molar-refractivity contribution is 6.46. The van der Waals surface area contributed by atoms with Crippen LogP contribution in [-0.4, -0.2) is 54.8 Å². The number of nitrogens with one attached hydrogen (secondary N) is 2. The third-order valence-electron chi connectivity index (χ3n) is 5.58. The van der Waals surface area contributed by atoms with Crippen molar-refractivity contribution in [2.45, 2.75) is 25.4 Å². The number of hydrogen-bond acceptors (Lipinski definition) is 5. The smallest absolute Gasteiger partial charge is 0.272 e. The number of aliphatic imine (C=N–C) groups is 1. The second-order valence-electron chi connectivity index (χ2n) is 7.87. The number of likely N-dealkylation sites (tertiary alicyclic amines) is 1. The fourth-order valence-electron chi connectivity index (χ4n) is 3.97. The van der Waals surface area contributed by atoms with E-state index in [-0.39, 0.29) is 11.8 Å². The fourth-order valence-corrected chi connectivity index (χ4v) is 3.97. The first-order chi connectivity index (χ1) is 14.5. The highest BCUT2D eigenvalue weighted by atomic mass is 16.5. The maximum Gasteiger partial charge on any atom is 0.272 e. The predicted octanol–water partition coefficient (Wildman–Crippen LogP) is 2.35. The zero-order valence-corrected chi connectivity index (χ0v) is 17.3. The lowest BCUT2D eigenvalue weighted by Crippen LogP contribution is -2.52. The van der Waals surface area contributed by atoms with E-state index in [4.69, 9.17) is 9.73 Å². The molecule has 0 saturated carbocycles. The van der Waals surface area contributed by atoms with E-state index in [1.165, 1.54) is 0 Å². The Morgan fingerprint density at radius 1 is 1.20 bits per heavy atom. The number of carbonyl (C=O) groups excluding carboxylic acids is 2. The summed E-state index contributed by atoms with van der Waals surface area (Å²) in [5.74, 6) is 0.510.